The molecule has 0 radical (unpaired) electrons. The lowest BCUT2D eigenvalue weighted by atomic mass is 10.2. The Morgan fingerprint density at radius 2 is 2.10 bits per heavy atom. The molecule has 0 saturated heterocycles. The van der Waals surface area contributed by atoms with E-state index in [-0.39, 0.29) is 11.9 Å². The van der Waals surface area contributed by atoms with Crippen LogP contribution in [0.4, 0.5) is 6.01 Å². The Hall–Kier alpha value is -2.47. The van der Waals surface area contributed by atoms with E-state index in [1.54, 1.807) is 35.7 Å². The van der Waals surface area contributed by atoms with Crippen molar-refractivity contribution in [2.45, 2.75) is 0 Å². The molecule has 0 unspecified atom stereocenters. The normalized spacial score (nSPS) is 10.7. The van der Waals surface area contributed by atoms with Crippen LogP contribution in [-0.2, 0) is 0 Å². The summed E-state index contributed by atoms with van der Waals surface area (Å²) in [5, 5.41) is 3.94. The fraction of sp³-hybridized carbons (Fsp3) is 0.0714. The number of nitrogens with zero attached hydrogens (tertiary/aromatic N) is 2. The quantitative estimate of drug-likeness (QED) is 0.726. The van der Waals surface area contributed by atoms with E-state index in [0.29, 0.717) is 16.5 Å². The molecule has 0 N–H and O–H groups in total. The van der Waals surface area contributed by atoms with Gasteiger partial charge in [0.2, 0.25) is 0 Å². The zero-order chi connectivity index (χ0) is 14.1. The van der Waals surface area contributed by atoms with E-state index in [4.69, 9.17) is 4.42 Å². The third-order valence-corrected chi connectivity index (χ3v) is 3.57. The van der Waals surface area contributed by atoms with Gasteiger partial charge in [0, 0.05) is 12.4 Å². The summed E-state index contributed by atoms with van der Waals surface area (Å²) in [7, 11) is 1.53. The maximum Gasteiger partial charge on any atom is 0.348 e. The Labute approximate surface area is 118 Å². The van der Waals surface area contributed by atoms with Crippen molar-refractivity contribution in [2.75, 3.05) is 11.9 Å². The zero-order valence-corrected chi connectivity index (χ0v) is 11.4. The van der Waals surface area contributed by atoms with Crippen LogP contribution in [0.5, 0.6) is 0 Å². The molecule has 0 aliphatic heterocycles. The topological polar surface area (TPSA) is 63.4 Å². The summed E-state index contributed by atoms with van der Waals surface area (Å²) < 4.78 is 5.11. The average Bonchev–Trinajstić information content (AvgIpc) is 3.00. The zero-order valence-electron chi connectivity index (χ0n) is 10.6. The highest BCUT2D eigenvalue weighted by molar-refractivity contribution is 7.08. The lowest BCUT2D eigenvalue weighted by Gasteiger charge is -2.13. The van der Waals surface area contributed by atoms with E-state index in [0.717, 1.165) is 0 Å². The Bertz CT molecular complexity index is 824. The molecule has 1 amide bonds. The molecule has 3 rings (SSSR count). The van der Waals surface area contributed by atoms with Crippen molar-refractivity contribution in [1.82, 2.24) is 4.98 Å². The number of rotatable bonds is 2. The first-order valence-corrected chi connectivity index (χ1v) is 6.81. The summed E-state index contributed by atoms with van der Waals surface area (Å²) >= 11 is 1.43. The summed E-state index contributed by atoms with van der Waals surface area (Å²) in [5.74, 6) is -0.266. The molecule has 0 spiro atoms. The predicted octanol–water partition coefficient (Wildman–Crippen LogP) is 2.53. The minimum Gasteiger partial charge on any atom is -0.388 e. The molecule has 0 atom stereocenters. The van der Waals surface area contributed by atoms with E-state index in [2.05, 4.69) is 4.98 Å². The Balaban J connectivity index is 2.06. The molecular formula is C14H10N2O3S. The summed E-state index contributed by atoms with van der Waals surface area (Å²) in [6, 6.07) is 8.56. The van der Waals surface area contributed by atoms with Gasteiger partial charge in [-0.25, -0.2) is 4.79 Å². The van der Waals surface area contributed by atoms with Gasteiger partial charge in [-0.2, -0.15) is 16.3 Å². The number of hydrogen-bond acceptors (Lipinski definition) is 5. The molecule has 2 heterocycles. The highest BCUT2D eigenvalue weighted by atomic mass is 32.1. The fourth-order valence-electron chi connectivity index (χ4n) is 1.82. The van der Waals surface area contributed by atoms with Gasteiger partial charge in [-0.1, -0.05) is 12.1 Å². The molecule has 100 valence electrons. The van der Waals surface area contributed by atoms with Gasteiger partial charge < -0.3 is 4.42 Å². The number of amides is 1. The van der Waals surface area contributed by atoms with Crippen LogP contribution in [0.25, 0.3) is 10.9 Å². The van der Waals surface area contributed by atoms with Crippen LogP contribution in [0.3, 0.4) is 0 Å². The van der Waals surface area contributed by atoms with Crippen LogP contribution < -0.4 is 10.5 Å². The van der Waals surface area contributed by atoms with Gasteiger partial charge in [-0.15, -0.1) is 0 Å². The SMILES string of the molecule is CN(C(=O)c1ccsc1)c1nc2ccccc2c(=O)o1. The summed E-state index contributed by atoms with van der Waals surface area (Å²) in [6.45, 7) is 0. The third-order valence-electron chi connectivity index (χ3n) is 2.88. The van der Waals surface area contributed by atoms with Crippen LogP contribution in [-0.4, -0.2) is 17.9 Å². The Morgan fingerprint density at radius 1 is 1.30 bits per heavy atom. The number of thiophene rings is 1. The van der Waals surface area contributed by atoms with Gasteiger partial charge in [-0.05, 0) is 23.6 Å². The number of hydrogen-bond donors (Lipinski definition) is 0. The van der Waals surface area contributed by atoms with Gasteiger partial charge in [0.1, 0.15) is 0 Å². The molecule has 20 heavy (non-hydrogen) atoms. The lowest BCUT2D eigenvalue weighted by molar-refractivity contribution is 0.0988. The first kappa shape index (κ1) is 12.6. The molecule has 5 nitrogen and oxygen atoms in total. The minimum atomic E-state index is -0.504. The van der Waals surface area contributed by atoms with Crippen molar-refractivity contribution in [2.24, 2.45) is 0 Å². The minimum absolute atomic E-state index is 0.00935. The molecule has 0 fully saturated rings. The maximum atomic E-state index is 12.2. The molecule has 0 saturated carbocycles. The van der Waals surface area contributed by atoms with Gasteiger partial charge in [0.25, 0.3) is 5.91 Å². The molecule has 3 aromatic rings. The Kier molecular flexibility index (Phi) is 3.08. The van der Waals surface area contributed by atoms with Gasteiger partial charge in [0.05, 0.1) is 16.5 Å². The van der Waals surface area contributed by atoms with Gasteiger partial charge in [-0.3, -0.25) is 9.69 Å². The highest BCUT2D eigenvalue weighted by Crippen LogP contribution is 2.16. The third kappa shape index (κ3) is 2.10. The summed E-state index contributed by atoms with van der Waals surface area (Å²) in [6.07, 6.45) is 0. The number of carbonyl (C=O) groups excluding carboxylic acids is 1. The van der Waals surface area contributed by atoms with Crippen molar-refractivity contribution >= 4 is 34.2 Å². The molecule has 2 aromatic heterocycles. The molecule has 6 heteroatoms. The second kappa shape index (κ2) is 4.90. The lowest BCUT2D eigenvalue weighted by Crippen LogP contribution is -2.27. The van der Waals surface area contributed by atoms with Crippen molar-refractivity contribution < 1.29 is 9.21 Å². The first-order chi connectivity index (χ1) is 9.66. The van der Waals surface area contributed by atoms with Gasteiger partial charge >= 0.3 is 11.6 Å². The standard InChI is InChI=1S/C14H10N2O3S/c1-16(12(17)9-6-7-20-8-9)14-15-11-5-3-2-4-10(11)13(18)19-14/h2-8H,1H3. The molecule has 1 aromatic carbocycles. The number of anilines is 1. The van der Waals surface area contributed by atoms with E-state index < -0.39 is 5.63 Å². The molecular weight excluding hydrogens is 276 g/mol. The number of benzene rings is 1. The second-order valence-electron chi connectivity index (χ2n) is 4.18. The number of fused-ring (bicyclic) bond motifs is 1. The maximum absolute atomic E-state index is 12.2. The second-order valence-corrected chi connectivity index (χ2v) is 4.96. The van der Waals surface area contributed by atoms with Crippen molar-refractivity contribution in [3.8, 4) is 0 Å². The van der Waals surface area contributed by atoms with Crippen LogP contribution in [0, 0.1) is 0 Å². The first-order valence-electron chi connectivity index (χ1n) is 5.87. The van der Waals surface area contributed by atoms with E-state index in [1.807, 2.05) is 5.38 Å². The van der Waals surface area contributed by atoms with Crippen LogP contribution >= 0.6 is 11.3 Å². The molecule has 0 bridgehead atoms. The predicted molar refractivity (Wildman–Crippen MR) is 77.3 cm³/mol. The number of para-hydroxylation sites is 1. The van der Waals surface area contributed by atoms with E-state index in [1.165, 1.54) is 23.3 Å². The average molecular weight is 286 g/mol. The van der Waals surface area contributed by atoms with Gasteiger partial charge in [0.15, 0.2) is 0 Å². The number of aromatic nitrogens is 1. The van der Waals surface area contributed by atoms with E-state index in [9.17, 15) is 9.59 Å². The van der Waals surface area contributed by atoms with Crippen molar-refractivity contribution in [3.05, 3.63) is 57.1 Å². The smallest absolute Gasteiger partial charge is 0.348 e. The monoisotopic (exact) mass is 286 g/mol. The van der Waals surface area contributed by atoms with Crippen molar-refractivity contribution in [3.63, 3.8) is 0 Å². The fourth-order valence-corrected chi connectivity index (χ4v) is 2.45. The van der Waals surface area contributed by atoms with Crippen LogP contribution in [0.2, 0.25) is 0 Å². The Morgan fingerprint density at radius 3 is 2.85 bits per heavy atom. The molecule has 0 aliphatic carbocycles. The van der Waals surface area contributed by atoms with Crippen molar-refractivity contribution in [1.29, 1.82) is 0 Å². The molecule has 0 aliphatic rings. The summed E-state index contributed by atoms with van der Waals surface area (Å²) in [5.41, 5.74) is 0.536. The van der Waals surface area contributed by atoms with Crippen LogP contribution in [0.15, 0.2) is 50.3 Å². The van der Waals surface area contributed by atoms with E-state index >= 15 is 0 Å². The largest absolute Gasteiger partial charge is 0.388 e. The number of carbonyl (C=O) groups is 1. The highest BCUT2D eigenvalue weighted by Gasteiger charge is 2.18. The summed E-state index contributed by atoms with van der Waals surface area (Å²) in [4.78, 5) is 29.5. The van der Waals surface area contributed by atoms with Crippen LogP contribution in [0.1, 0.15) is 10.4 Å².